The van der Waals surface area contributed by atoms with Crippen molar-refractivity contribution in [2.24, 2.45) is 4.99 Å². The number of benzene rings is 2. The summed E-state index contributed by atoms with van der Waals surface area (Å²) in [5, 5.41) is 0.466. The lowest BCUT2D eigenvalue weighted by Crippen LogP contribution is -2.40. The summed E-state index contributed by atoms with van der Waals surface area (Å²) < 4.78 is 7.38. The molecule has 4 rings (SSSR count). The zero-order valence-corrected chi connectivity index (χ0v) is 20.4. The number of anilines is 1. The number of carbonyl (C=O) groups is 1. The summed E-state index contributed by atoms with van der Waals surface area (Å²) in [4.78, 5) is 33.6. The molecule has 0 N–H and O–H groups in total. The van der Waals surface area contributed by atoms with E-state index in [-0.39, 0.29) is 12.2 Å². The van der Waals surface area contributed by atoms with Crippen LogP contribution >= 0.6 is 22.9 Å². The molecule has 1 aliphatic rings. The van der Waals surface area contributed by atoms with Crippen LogP contribution in [0.15, 0.2) is 69.6 Å². The topological polar surface area (TPSA) is 63.9 Å². The van der Waals surface area contributed by atoms with Crippen molar-refractivity contribution in [3.05, 3.63) is 95.6 Å². The van der Waals surface area contributed by atoms with E-state index in [1.54, 1.807) is 24.5 Å². The van der Waals surface area contributed by atoms with Gasteiger partial charge in [-0.15, -0.1) is 0 Å². The Kier molecular flexibility index (Phi) is 6.54. The summed E-state index contributed by atoms with van der Waals surface area (Å²) in [5.74, 6) is -0.503. The average Bonchev–Trinajstić information content (AvgIpc) is 3.08. The molecular formula is C25H24ClN3O3S. The van der Waals surface area contributed by atoms with E-state index in [9.17, 15) is 9.59 Å². The van der Waals surface area contributed by atoms with Crippen LogP contribution in [0.5, 0.6) is 0 Å². The molecule has 1 aliphatic heterocycles. The van der Waals surface area contributed by atoms with Crippen molar-refractivity contribution in [1.82, 2.24) is 4.57 Å². The van der Waals surface area contributed by atoms with E-state index in [4.69, 9.17) is 16.3 Å². The van der Waals surface area contributed by atoms with Crippen LogP contribution in [0.2, 0.25) is 5.02 Å². The number of hydrogen-bond acceptors (Lipinski definition) is 6. The lowest BCUT2D eigenvalue weighted by molar-refractivity contribution is -0.139. The van der Waals surface area contributed by atoms with Crippen molar-refractivity contribution in [2.75, 3.05) is 25.6 Å². The molecule has 0 spiro atoms. The van der Waals surface area contributed by atoms with E-state index in [0.717, 1.165) is 11.3 Å². The molecule has 33 heavy (non-hydrogen) atoms. The molecule has 1 atom stereocenters. The molecule has 1 aromatic heterocycles. The largest absolute Gasteiger partial charge is 0.463 e. The third kappa shape index (κ3) is 4.38. The maximum absolute atomic E-state index is 13.6. The van der Waals surface area contributed by atoms with Gasteiger partial charge < -0.3 is 9.64 Å². The molecule has 8 heteroatoms. The first-order valence-electron chi connectivity index (χ1n) is 10.5. The molecule has 2 aromatic carbocycles. The molecule has 0 aliphatic carbocycles. The van der Waals surface area contributed by atoms with Gasteiger partial charge in [0.1, 0.15) is 6.04 Å². The summed E-state index contributed by atoms with van der Waals surface area (Å²) in [6.45, 7) is 3.72. The Morgan fingerprint density at radius 2 is 1.91 bits per heavy atom. The fourth-order valence-electron chi connectivity index (χ4n) is 3.80. The van der Waals surface area contributed by atoms with Gasteiger partial charge in [-0.1, -0.05) is 53.3 Å². The highest BCUT2D eigenvalue weighted by molar-refractivity contribution is 7.07. The third-order valence-electron chi connectivity index (χ3n) is 5.42. The molecule has 170 valence electrons. The van der Waals surface area contributed by atoms with Crippen molar-refractivity contribution in [2.45, 2.75) is 19.9 Å². The SMILES string of the molecule is CCOC(=O)C1=C(C)N=c2s/c(=C\c3ccc(N(C)C)cc3)c(=O)n2[C@@H]1c1ccccc1Cl. The summed E-state index contributed by atoms with van der Waals surface area (Å²) in [7, 11) is 3.95. The van der Waals surface area contributed by atoms with Gasteiger partial charge in [0.15, 0.2) is 4.80 Å². The Balaban J connectivity index is 1.92. The van der Waals surface area contributed by atoms with Gasteiger partial charge in [0, 0.05) is 24.8 Å². The first-order chi connectivity index (χ1) is 15.8. The van der Waals surface area contributed by atoms with Crippen molar-refractivity contribution in [3.63, 3.8) is 0 Å². The lowest BCUT2D eigenvalue weighted by Gasteiger charge is -2.25. The predicted octanol–water partition coefficient (Wildman–Crippen LogP) is 3.52. The van der Waals surface area contributed by atoms with E-state index in [2.05, 4.69) is 4.99 Å². The van der Waals surface area contributed by atoms with Gasteiger partial charge in [0.25, 0.3) is 5.56 Å². The minimum absolute atomic E-state index is 0.220. The number of rotatable bonds is 5. The highest BCUT2D eigenvalue weighted by atomic mass is 35.5. The normalized spacial score (nSPS) is 15.8. The fraction of sp³-hybridized carbons (Fsp3) is 0.240. The highest BCUT2D eigenvalue weighted by Gasteiger charge is 2.34. The van der Waals surface area contributed by atoms with Crippen LogP contribution in [0.1, 0.15) is 31.0 Å². The van der Waals surface area contributed by atoms with Crippen LogP contribution in [0, 0.1) is 0 Å². The summed E-state index contributed by atoms with van der Waals surface area (Å²) in [6, 6.07) is 14.4. The Bertz CT molecular complexity index is 1420. The Morgan fingerprint density at radius 3 is 2.55 bits per heavy atom. The van der Waals surface area contributed by atoms with Gasteiger partial charge in [-0.3, -0.25) is 9.36 Å². The monoisotopic (exact) mass is 481 g/mol. The number of allylic oxidation sites excluding steroid dienone is 1. The number of hydrogen-bond donors (Lipinski definition) is 0. The minimum atomic E-state index is -0.715. The maximum Gasteiger partial charge on any atom is 0.338 e. The molecule has 0 saturated heterocycles. The molecule has 0 fully saturated rings. The molecule has 0 bridgehead atoms. The minimum Gasteiger partial charge on any atom is -0.463 e. The van der Waals surface area contributed by atoms with E-state index in [1.807, 2.05) is 67.5 Å². The summed E-state index contributed by atoms with van der Waals surface area (Å²) in [5.41, 5.74) is 3.23. The van der Waals surface area contributed by atoms with Crippen molar-refractivity contribution in [1.29, 1.82) is 0 Å². The van der Waals surface area contributed by atoms with Crippen molar-refractivity contribution in [3.8, 4) is 0 Å². The van der Waals surface area contributed by atoms with Crippen LogP contribution in [-0.4, -0.2) is 31.2 Å². The predicted molar refractivity (Wildman–Crippen MR) is 133 cm³/mol. The highest BCUT2D eigenvalue weighted by Crippen LogP contribution is 2.34. The van der Waals surface area contributed by atoms with Crippen LogP contribution in [0.25, 0.3) is 6.08 Å². The quantitative estimate of drug-likeness (QED) is 0.523. The third-order valence-corrected chi connectivity index (χ3v) is 6.75. The first-order valence-corrected chi connectivity index (χ1v) is 11.7. The van der Waals surface area contributed by atoms with E-state index in [0.29, 0.717) is 31.2 Å². The summed E-state index contributed by atoms with van der Waals surface area (Å²) >= 11 is 7.81. The van der Waals surface area contributed by atoms with Gasteiger partial charge >= 0.3 is 5.97 Å². The second-order valence-corrected chi connectivity index (χ2v) is 9.23. The molecule has 0 radical (unpaired) electrons. The molecule has 2 heterocycles. The van der Waals surface area contributed by atoms with Crippen LogP contribution in [-0.2, 0) is 9.53 Å². The second-order valence-electron chi connectivity index (χ2n) is 7.81. The molecule has 6 nitrogen and oxygen atoms in total. The van der Waals surface area contributed by atoms with Gasteiger partial charge in [0.2, 0.25) is 0 Å². The molecule has 0 saturated carbocycles. The molecular weight excluding hydrogens is 458 g/mol. The number of nitrogens with zero attached hydrogens (tertiary/aromatic N) is 3. The Hall–Kier alpha value is -3.16. The van der Waals surface area contributed by atoms with Gasteiger partial charge in [-0.2, -0.15) is 0 Å². The molecule has 0 amide bonds. The van der Waals surface area contributed by atoms with Crippen LogP contribution in [0.4, 0.5) is 5.69 Å². The van der Waals surface area contributed by atoms with Crippen molar-refractivity contribution >= 4 is 40.7 Å². The number of halogens is 1. The van der Waals surface area contributed by atoms with Gasteiger partial charge in [-0.25, -0.2) is 9.79 Å². The zero-order valence-electron chi connectivity index (χ0n) is 18.8. The molecule has 3 aromatic rings. The first kappa shape index (κ1) is 23.0. The number of fused-ring (bicyclic) bond motifs is 1. The maximum atomic E-state index is 13.6. The second kappa shape index (κ2) is 9.37. The number of ether oxygens (including phenoxy) is 1. The Labute approximate surface area is 200 Å². The van der Waals surface area contributed by atoms with Crippen LogP contribution < -0.4 is 19.8 Å². The van der Waals surface area contributed by atoms with Gasteiger partial charge in [-0.05, 0) is 49.2 Å². The Morgan fingerprint density at radius 1 is 1.21 bits per heavy atom. The lowest BCUT2D eigenvalue weighted by atomic mass is 9.96. The van der Waals surface area contributed by atoms with Gasteiger partial charge in [0.05, 0.1) is 22.4 Å². The molecule has 0 unspecified atom stereocenters. The number of esters is 1. The smallest absolute Gasteiger partial charge is 0.338 e. The number of carbonyl (C=O) groups excluding carboxylic acids is 1. The number of aromatic nitrogens is 1. The van der Waals surface area contributed by atoms with Crippen molar-refractivity contribution < 1.29 is 9.53 Å². The standard InChI is InChI=1S/C25H24ClN3O3S/c1-5-32-24(31)21-15(2)27-25-29(22(21)18-8-6-7-9-19(18)26)23(30)20(33-25)14-16-10-12-17(13-11-16)28(3)4/h6-14,22H,5H2,1-4H3/b20-14-/t22-/m1/s1. The average molecular weight is 482 g/mol. The fourth-order valence-corrected chi connectivity index (χ4v) is 5.09. The van der Waals surface area contributed by atoms with E-state index in [1.165, 1.54) is 11.3 Å². The summed E-state index contributed by atoms with van der Waals surface area (Å²) in [6.07, 6.45) is 1.84. The van der Waals surface area contributed by atoms with Crippen LogP contribution in [0.3, 0.4) is 0 Å². The van der Waals surface area contributed by atoms with E-state index >= 15 is 0 Å². The van der Waals surface area contributed by atoms with E-state index < -0.39 is 12.0 Å². The zero-order chi connectivity index (χ0) is 23.7. The number of thiazole rings is 1.